The molecule has 130 valence electrons. The Bertz CT molecular complexity index is 1170. The molecule has 2 aromatic carbocycles. The minimum atomic E-state index is -1.01. The van der Waals surface area contributed by atoms with Crippen molar-refractivity contribution in [1.82, 2.24) is 0 Å². The van der Waals surface area contributed by atoms with Crippen molar-refractivity contribution < 1.29 is 14.3 Å². The van der Waals surface area contributed by atoms with Crippen LogP contribution in [0.1, 0.15) is 10.4 Å². The molecule has 26 heavy (non-hydrogen) atoms. The highest BCUT2D eigenvalue weighted by atomic mass is 35.5. The Morgan fingerprint density at radius 3 is 2.50 bits per heavy atom. The first-order valence-corrected chi connectivity index (χ1v) is 7.67. The number of nitrogens with two attached hydrogens (primary N) is 1. The summed E-state index contributed by atoms with van der Waals surface area (Å²) < 4.78 is 5.92. The highest BCUT2D eigenvalue weighted by Gasteiger charge is 2.18. The number of hydrogen-bond donors (Lipinski definition) is 3. The van der Waals surface area contributed by atoms with Gasteiger partial charge in [-0.05, 0) is 41.5 Å². The number of carboxylic acid groups (broad SMARTS) is 1. The molecule has 4 rings (SSSR count). The summed E-state index contributed by atoms with van der Waals surface area (Å²) in [4.78, 5) is 11.6. The molecule has 0 unspecified atom stereocenters. The number of benzene rings is 3. The zero-order valence-electron chi connectivity index (χ0n) is 13.5. The predicted molar refractivity (Wildman–Crippen MR) is 103 cm³/mol. The molecular formula is C20H15ClN2O3. The number of anilines is 1. The van der Waals surface area contributed by atoms with E-state index in [0.29, 0.717) is 28.2 Å². The van der Waals surface area contributed by atoms with Gasteiger partial charge in [-0.1, -0.05) is 18.2 Å². The zero-order valence-corrected chi connectivity index (χ0v) is 14.3. The number of hydrogen-bond acceptors (Lipinski definition) is 4. The van der Waals surface area contributed by atoms with E-state index in [-0.39, 0.29) is 23.3 Å². The minimum Gasteiger partial charge on any atom is -0.478 e. The minimum absolute atomic E-state index is 0. The van der Waals surface area contributed by atoms with Crippen LogP contribution in [-0.4, -0.2) is 11.1 Å². The average Bonchev–Trinajstić information content (AvgIpc) is 2.59. The lowest BCUT2D eigenvalue weighted by molar-refractivity contribution is 0.0697. The number of aromatic carboxylic acids is 1. The van der Waals surface area contributed by atoms with Crippen LogP contribution < -0.4 is 11.1 Å². The molecule has 0 radical (unpaired) electrons. The summed E-state index contributed by atoms with van der Waals surface area (Å²) in [6, 6.07) is 17.3. The van der Waals surface area contributed by atoms with Crippen molar-refractivity contribution in [3.8, 4) is 22.5 Å². The summed E-state index contributed by atoms with van der Waals surface area (Å²) in [6.07, 6.45) is 0. The van der Waals surface area contributed by atoms with Gasteiger partial charge in [0.1, 0.15) is 11.3 Å². The number of rotatable bonds is 2. The maximum Gasteiger partial charge on any atom is 0.336 e. The maximum atomic E-state index is 11.6. The Hall–Kier alpha value is -3.31. The van der Waals surface area contributed by atoms with Crippen molar-refractivity contribution in [2.75, 3.05) is 5.73 Å². The second-order valence-electron chi connectivity index (χ2n) is 5.83. The lowest BCUT2D eigenvalue weighted by Crippen LogP contribution is -2.05. The first-order valence-electron chi connectivity index (χ1n) is 7.67. The highest BCUT2D eigenvalue weighted by molar-refractivity contribution is 6.00. The average molecular weight is 367 g/mol. The summed E-state index contributed by atoms with van der Waals surface area (Å²) in [5.74, 6) is -0.495. The van der Waals surface area contributed by atoms with Crippen LogP contribution in [0.5, 0.6) is 0 Å². The van der Waals surface area contributed by atoms with E-state index in [1.54, 1.807) is 48.5 Å². The van der Waals surface area contributed by atoms with Gasteiger partial charge in [-0.15, -0.1) is 12.4 Å². The van der Waals surface area contributed by atoms with Crippen molar-refractivity contribution >= 4 is 35.0 Å². The SMILES string of the molecule is Cl.N=c1cc2oc3cc(N)ccc3cc-2c(-c2ccccc2C(=O)O)c1. The maximum absolute atomic E-state index is 11.6. The Morgan fingerprint density at radius 2 is 1.73 bits per heavy atom. The molecule has 0 saturated carbocycles. The third-order valence-electron chi connectivity index (χ3n) is 4.15. The Labute approximate surface area is 155 Å². The Morgan fingerprint density at radius 1 is 0.962 bits per heavy atom. The van der Waals surface area contributed by atoms with Crippen molar-refractivity contribution in [3.63, 3.8) is 0 Å². The summed E-state index contributed by atoms with van der Waals surface area (Å²) in [7, 11) is 0. The number of nitrogens with one attached hydrogen (secondary N) is 1. The van der Waals surface area contributed by atoms with Crippen LogP contribution in [0.15, 0.2) is 65.1 Å². The van der Waals surface area contributed by atoms with Gasteiger partial charge in [-0.25, -0.2) is 4.79 Å². The molecule has 1 heterocycles. The molecule has 0 atom stereocenters. The molecule has 0 saturated heterocycles. The molecule has 1 aliphatic carbocycles. The van der Waals surface area contributed by atoms with Crippen molar-refractivity contribution in [2.45, 2.75) is 0 Å². The molecule has 0 fully saturated rings. The van der Waals surface area contributed by atoms with Crippen LogP contribution in [0.25, 0.3) is 33.4 Å². The normalized spacial score (nSPS) is 10.6. The lowest BCUT2D eigenvalue weighted by atomic mass is 9.92. The van der Waals surface area contributed by atoms with Crippen LogP contribution >= 0.6 is 12.4 Å². The van der Waals surface area contributed by atoms with Gasteiger partial charge in [0.25, 0.3) is 0 Å². The lowest BCUT2D eigenvalue weighted by Gasteiger charge is -2.14. The Kier molecular flexibility index (Phi) is 4.40. The Balaban J connectivity index is 0.00000196. The van der Waals surface area contributed by atoms with Gasteiger partial charge in [0.05, 0.1) is 10.9 Å². The van der Waals surface area contributed by atoms with E-state index < -0.39 is 5.97 Å². The highest BCUT2D eigenvalue weighted by Crippen LogP contribution is 2.37. The molecule has 0 aromatic heterocycles. The van der Waals surface area contributed by atoms with Crippen LogP contribution in [0.4, 0.5) is 5.69 Å². The first-order chi connectivity index (χ1) is 12.0. The summed E-state index contributed by atoms with van der Waals surface area (Å²) in [5.41, 5.74) is 9.17. The van der Waals surface area contributed by atoms with E-state index >= 15 is 0 Å². The van der Waals surface area contributed by atoms with Gasteiger partial charge in [0.2, 0.25) is 0 Å². The topological polar surface area (TPSA) is 100 Å². The predicted octanol–water partition coefficient (Wildman–Crippen LogP) is 4.39. The van der Waals surface area contributed by atoms with Crippen LogP contribution in [-0.2, 0) is 0 Å². The van der Waals surface area contributed by atoms with Crippen LogP contribution in [0.3, 0.4) is 0 Å². The molecule has 2 aromatic rings. The summed E-state index contributed by atoms with van der Waals surface area (Å²) in [5, 5.41) is 18.6. The number of nitrogen functional groups attached to an aromatic ring is 1. The molecule has 0 spiro atoms. The molecule has 0 bridgehead atoms. The molecular weight excluding hydrogens is 352 g/mol. The standard InChI is InChI=1S/C20H14N2O3.ClH/c21-12-6-5-11-7-17-16(14-3-1-2-4-15(14)20(23)24)8-13(22)10-19(17)25-18(11)9-12;/h1-10,22H,21H2,(H,23,24);1H. The van der Waals surface area contributed by atoms with E-state index in [2.05, 4.69) is 0 Å². The van der Waals surface area contributed by atoms with Gasteiger partial charge < -0.3 is 20.7 Å². The van der Waals surface area contributed by atoms with E-state index in [9.17, 15) is 9.90 Å². The summed E-state index contributed by atoms with van der Waals surface area (Å²) in [6.45, 7) is 0. The van der Waals surface area contributed by atoms with Crippen molar-refractivity contribution in [2.24, 2.45) is 0 Å². The van der Waals surface area contributed by atoms with Gasteiger partial charge >= 0.3 is 5.97 Å². The molecule has 6 heteroatoms. The van der Waals surface area contributed by atoms with Crippen molar-refractivity contribution in [3.05, 3.63) is 71.6 Å². The van der Waals surface area contributed by atoms with Crippen LogP contribution in [0.2, 0.25) is 0 Å². The largest absolute Gasteiger partial charge is 0.478 e. The fourth-order valence-corrected chi connectivity index (χ4v) is 3.02. The van der Waals surface area contributed by atoms with Crippen molar-refractivity contribution in [1.29, 1.82) is 5.41 Å². The molecule has 4 N–H and O–H groups in total. The van der Waals surface area contributed by atoms with Gasteiger partial charge in [-0.2, -0.15) is 0 Å². The van der Waals surface area contributed by atoms with E-state index in [1.807, 2.05) is 12.1 Å². The molecule has 2 aliphatic rings. The van der Waals surface area contributed by atoms with E-state index in [1.165, 1.54) is 0 Å². The summed E-state index contributed by atoms with van der Waals surface area (Å²) >= 11 is 0. The number of carboxylic acids is 1. The third kappa shape index (κ3) is 2.89. The fraction of sp³-hybridized carbons (Fsp3) is 0. The van der Waals surface area contributed by atoms with E-state index in [4.69, 9.17) is 15.6 Å². The molecule has 0 amide bonds. The number of fused-ring (bicyclic) bond motifs is 2. The molecule has 1 aliphatic heterocycles. The van der Waals surface area contributed by atoms with Gasteiger partial charge in [0.15, 0.2) is 0 Å². The fourth-order valence-electron chi connectivity index (χ4n) is 3.02. The number of halogens is 1. The third-order valence-corrected chi connectivity index (χ3v) is 4.15. The zero-order chi connectivity index (χ0) is 17.6. The van der Waals surface area contributed by atoms with Gasteiger partial charge in [-0.3, -0.25) is 0 Å². The first kappa shape index (κ1) is 17.5. The van der Waals surface area contributed by atoms with E-state index in [0.717, 1.165) is 10.9 Å². The molecule has 5 nitrogen and oxygen atoms in total. The van der Waals surface area contributed by atoms with Crippen LogP contribution in [0, 0.1) is 5.41 Å². The van der Waals surface area contributed by atoms with Gasteiger partial charge in [0, 0.05) is 28.8 Å². The quantitative estimate of drug-likeness (QED) is 0.362. The smallest absolute Gasteiger partial charge is 0.336 e. The number of carbonyl (C=O) groups is 1. The second-order valence-corrected chi connectivity index (χ2v) is 5.83. The monoisotopic (exact) mass is 366 g/mol. The second kappa shape index (κ2) is 6.54.